The number of anilines is 1. The van der Waals surface area contributed by atoms with E-state index in [-0.39, 0.29) is 17.6 Å². The van der Waals surface area contributed by atoms with Crippen molar-refractivity contribution in [3.8, 4) is 5.75 Å². The lowest BCUT2D eigenvalue weighted by atomic mass is 10.2. The molecule has 0 aliphatic heterocycles. The summed E-state index contributed by atoms with van der Waals surface area (Å²) in [5.74, 6) is 0.715. The number of aryl methyl sites for hydroxylation is 1. The van der Waals surface area contributed by atoms with Gasteiger partial charge in [0.1, 0.15) is 12.4 Å². The molecule has 0 saturated carbocycles. The van der Waals surface area contributed by atoms with Crippen molar-refractivity contribution in [2.24, 2.45) is 0 Å². The second-order valence-electron chi connectivity index (χ2n) is 4.29. The van der Waals surface area contributed by atoms with Crippen LogP contribution in [0.2, 0.25) is 0 Å². The summed E-state index contributed by atoms with van der Waals surface area (Å²) in [5, 5.41) is -0.362. The first kappa shape index (κ1) is 13.8. The SMILES string of the molecule is Cc1cc(N)ccc1OCCS(=O)(=O)C(C)C. The van der Waals surface area contributed by atoms with Crippen LogP contribution in [0.15, 0.2) is 18.2 Å². The Morgan fingerprint density at radius 1 is 1.35 bits per heavy atom. The number of nitrogen functional groups attached to an aromatic ring is 1. The van der Waals surface area contributed by atoms with Crippen LogP contribution in [0.5, 0.6) is 5.75 Å². The molecule has 0 fully saturated rings. The van der Waals surface area contributed by atoms with Crippen LogP contribution in [-0.2, 0) is 9.84 Å². The van der Waals surface area contributed by atoms with Crippen molar-refractivity contribution in [3.63, 3.8) is 0 Å². The average Bonchev–Trinajstić information content (AvgIpc) is 2.21. The van der Waals surface area contributed by atoms with Gasteiger partial charge in [0, 0.05) is 5.69 Å². The molecule has 4 nitrogen and oxygen atoms in total. The van der Waals surface area contributed by atoms with Crippen LogP contribution in [0.25, 0.3) is 0 Å². The molecule has 0 amide bonds. The zero-order chi connectivity index (χ0) is 13.1. The third-order valence-corrected chi connectivity index (χ3v) is 4.71. The van der Waals surface area contributed by atoms with E-state index in [1.54, 1.807) is 32.0 Å². The van der Waals surface area contributed by atoms with Crippen LogP contribution in [0, 0.1) is 6.92 Å². The van der Waals surface area contributed by atoms with Gasteiger partial charge in [0.15, 0.2) is 9.84 Å². The normalized spacial score (nSPS) is 11.8. The second kappa shape index (κ2) is 5.40. The Balaban J connectivity index is 2.58. The van der Waals surface area contributed by atoms with Crippen LogP contribution in [0.3, 0.4) is 0 Å². The predicted molar refractivity (Wildman–Crippen MR) is 70.0 cm³/mol. The monoisotopic (exact) mass is 257 g/mol. The smallest absolute Gasteiger partial charge is 0.155 e. The summed E-state index contributed by atoms with van der Waals surface area (Å²) in [5.41, 5.74) is 7.19. The molecule has 0 radical (unpaired) electrons. The number of benzene rings is 1. The summed E-state index contributed by atoms with van der Waals surface area (Å²) < 4.78 is 28.6. The van der Waals surface area contributed by atoms with Gasteiger partial charge in [0.05, 0.1) is 11.0 Å². The topological polar surface area (TPSA) is 69.4 Å². The molecule has 0 heterocycles. The molecule has 0 aromatic heterocycles. The maximum Gasteiger partial charge on any atom is 0.155 e. The van der Waals surface area contributed by atoms with Crippen LogP contribution < -0.4 is 10.5 Å². The molecule has 0 atom stereocenters. The highest BCUT2D eigenvalue weighted by molar-refractivity contribution is 7.91. The van der Waals surface area contributed by atoms with Crippen molar-refractivity contribution >= 4 is 15.5 Å². The highest BCUT2D eigenvalue weighted by atomic mass is 32.2. The molecule has 1 rings (SSSR count). The van der Waals surface area contributed by atoms with Gasteiger partial charge in [-0.1, -0.05) is 0 Å². The van der Waals surface area contributed by atoms with Gasteiger partial charge in [-0.3, -0.25) is 0 Å². The van der Waals surface area contributed by atoms with Gasteiger partial charge in [0.25, 0.3) is 0 Å². The van der Waals surface area contributed by atoms with E-state index < -0.39 is 9.84 Å². The van der Waals surface area contributed by atoms with E-state index in [1.165, 1.54) is 0 Å². The van der Waals surface area contributed by atoms with E-state index in [0.717, 1.165) is 5.56 Å². The maximum atomic E-state index is 11.6. The number of sulfone groups is 1. The summed E-state index contributed by atoms with van der Waals surface area (Å²) in [4.78, 5) is 0. The van der Waals surface area contributed by atoms with Gasteiger partial charge < -0.3 is 10.5 Å². The van der Waals surface area contributed by atoms with E-state index in [1.807, 2.05) is 6.92 Å². The van der Waals surface area contributed by atoms with Crippen molar-refractivity contribution < 1.29 is 13.2 Å². The summed E-state index contributed by atoms with van der Waals surface area (Å²) in [6.45, 7) is 5.39. The Morgan fingerprint density at radius 2 is 2.00 bits per heavy atom. The van der Waals surface area contributed by atoms with E-state index in [4.69, 9.17) is 10.5 Å². The van der Waals surface area contributed by atoms with Crippen molar-refractivity contribution in [1.29, 1.82) is 0 Å². The summed E-state index contributed by atoms with van der Waals surface area (Å²) in [6, 6.07) is 5.29. The number of rotatable bonds is 5. The zero-order valence-electron chi connectivity index (χ0n) is 10.4. The standard InChI is InChI=1S/C12H19NO3S/c1-9(2)17(14,15)7-6-16-12-5-4-11(13)8-10(12)3/h4-5,8-9H,6-7,13H2,1-3H3. The highest BCUT2D eigenvalue weighted by Crippen LogP contribution is 2.20. The Kier molecular flexibility index (Phi) is 4.40. The van der Waals surface area contributed by atoms with Gasteiger partial charge in [-0.25, -0.2) is 8.42 Å². The van der Waals surface area contributed by atoms with Gasteiger partial charge in [-0.2, -0.15) is 0 Å². The van der Waals surface area contributed by atoms with Crippen molar-refractivity contribution in [1.82, 2.24) is 0 Å². The van der Waals surface area contributed by atoms with Crippen LogP contribution >= 0.6 is 0 Å². The van der Waals surface area contributed by atoms with E-state index in [2.05, 4.69) is 0 Å². The highest BCUT2D eigenvalue weighted by Gasteiger charge is 2.15. The third kappa shape index (κ3) is 3.93. The molecule has 2 N–H and O–H groups in total. The first-order valence-electron chi connectivity index (χ1n) is 5.53. The number of hydrogen-bond acceptors (Lipinski definition) is 4. The molecule has 1 aromatic carbocycles. The quantitative estimate of drug-likeness (QED) is 0.816. The van der Waals surface area contributed by atoms with Crippen LogP contribution in [0.4, 0.5) is 5.69 Å². The van der Waals surface area contributed by atoms with Crippen molar-refractivity contribution in [2.75, 3.05) is 18.1 Å². The minimum Gasteiger partial charge on any atom is -0.492 e. The third-order valence-electron chi connectivity index (χ3n) is 2.54. The lowest BCUT2D eigenvalue weighted by molar-refractivity contribution is 0.338. The molecule has 96 valence electrons. The molecule has 17 heavy (non-hydrogen) atoms. The molecule has 0 aliphatic carbocycles. The van der Waals surface area contributed by atoms with Gasteiger partial charge in [-0.15, -0.1) is 0 Å². The maximum absolute atomic E-state index is 11.6. The van der Waals surface area contributed by atoms with Crippen molar-refractivity contribution in [3.05, 3.63) is 23.8 Å². The zero-order valence-corrected chi connectivity index (χ0v) is 11.3. The number of hydrogen-bond donors (Lipinski definition) is 1. The molecule has 5 heteroatoms. The fourth-order valence-corrected chi connectivity index (χ4v) is 2.13. The van der Waals surface area contributed by atoms with E-state index in [9.17, 15) is 8.42 Å². The lowest BCUT2D eigenvalue weighted by Crippen LogP contribution is -2.22. The fourth-order valence-electron chi connectivity index (χ4n) is 1.34. The predicted octanol–water partition coefficient (Wildman–Crippen LogP) is 1.78. The Labute approximate surface area is 103 Å². The fraction of sp³-hybridized carbons (Fsp3) is 0.500. The minimum atomic E-state index is -3.04. The number of ether oxygens (including phenoxy) is 1. The summed E-state index contributed by atoms with van der Waals surface area (Å²) in [6.07, 6.45) is 0. The first-order chi connectivity index (χ1) is 7.83. The second-order valence-corrected chi connectivity index (χ2v) is 6.97. The molecule has 0 unspecified atom stereocenters. The molecule has 0 spiro atoms. The van der Waals surface area contributed by atoms with Gasteiger partial charge in [0.2, 0.25) is 0 Å². The van der Waals surface area contributed by atoms with Gasteiger partial charge >= 0.3 is 0 Å². The molecular formula is C12H19NO3S. The van der Waals surface area contributed by atoms with Crippen LogP contribution in [-0.4, -0.2) is 26.0 Å². The van der Waals surface area contributed by atoms with E-state index in [0.29, 0.717) is 11.4 Å². The Hall–Kier alpha value is -1.23. The number of nitrogens with two attached hydrogens (primary N) is 1. The van der Waals surface area contributed by atoms with E-state index >= 15 is 0 Å². The summed E-state index contributed by atoms with van der Waals surface area (Å²) >= 11 is 0. The minimum absolute atomic E-state index is 0.0362. The average molecular weight is 257 g/mol. The summed E-state index contributed by atoms with van der Waals surface area (Å²) in [7, 11) is -3.04. The van der Waals surface area contributed by atoms with Crippen LogP contribution in [0.1, 0.15) is 19.4 Å². The molecule has 1 aromatic rings. The molecular weight excluding hydrogens is 238 g/mol. The van der Waals surface area contributed by atoms with Gasteiger partial charge in [-0.05, 0) is 44.5 Å². The molecule has 0 aliphatic rings. The van der Waals surface area contributed by atoms with Crippen molar-refractivity contribution in [2.45, 2.75) is 26.0 Å². The molecule has 0 bridgehead atoms. The lowest BCUT2D eigenvalue weighted by Gasteiger charge is -2.11. The largest absolute Gasteiger partial charge is 0.492 e. The molecule has 0 saturated heterocycles. The Morgan fingerprint density at radius 3 is 2.53 bits per heavy atom. The Bertz CT molecular complexity index is 481. The first-order valence-corrected chi connectivity index (χ1v) is 7.25.